The maximum atomic E-state index is 11.9. The smallest absolute Gasteiger partial charge is 0.360 e. The third-order valence-corrected chi connectivity index (χ3v) is 3.55. The summed E-state index contributed by atoms with van der Waals surface area (Å²) in [5, 5.41) is 8.17. The Hall–Kier alpha value is -2.18. The number of nitrogens with zero attached hydrogens (tertiary/aromatic N) is 5. The summed E-state index contributed by atoms with van der Waals surface area (Å²) in [5.41, 5.74) is 1.33. The minimum absolute atomic E-state index is 0.358. The fraction of sp³-hybridized carbons (Fsp3) is 0.571. The quantitative estimate of drug-likeness (QED) is 0.724. The molecule has 0 amide bonds. The Bertz CT molecular complexity index is 601. The maximum absolute atomic E-state index is 11.9. The fourth-order valence-electron chi connectivity index (χ4n) is 2.41. The van der Waals surface area contributed by atoms with Gasteiger partial charge in [-0.3, -0.25) is 0 Å². The van der Waals surface area contributed by atoms with Crippen molar-refractivity contribution in [2.75, 3.05) is 6.61 Å². The van der Waals surface area contributed by atoms with Crippen LogP contribution in [0.5, 0.6) is 0 Å². The van der Waals surface area contributed by atoms with Crippen LogP contribution in [0, 0.1) is 0 Å². The second-order valence-corrected chi connectivity index (χ2v) is 5.20. The molecule has 0 saturated heterocycles. The average molecular weight is 289 g/mol. The number of aromatic nitrogens is 5. The van der Waals surface area contributed by atoms with E-state index in [0.29, 0.717) is 18.2 Å². The molecule has 0 aromatic carbocycles. The Kier molecular flexibility index (Phi) is 3.98. The summed E-state index contributed by atoms with van der Waals surface area (Å²) in [6, 6.07) is 0. The molecule has 2 aromatic heterocycles. The Morgan fingerprint density at radius 2 is 2.29 bits per heavy atom. The van der Waals surface area contributed by atoms with Gasteiger partial charge in [0.25, 0.3) is 0 Å². The van der Waals surface area contributed by atoms with Crippen LogP contribution in [0.3, 0.4) is 0 Å². The van der Waals surface area contributed by atoms with E-state index in [0.717, 1.165) is 38.0 Å². The Labute approximate surface area is 122 Å². The van der Waals surface area contributed by atoms with E-state index in [-0.39, 0.29) is 5.97 Å². The molecule has 0 unspecified atom stereocenters. The van der Waals surface area contributed by atoms with Crippen LogP contribution in [0.1, 0.15) is 48.3 Å². The monoisotopic (exact) mass is 289 g/mol. The predicted octanol–water partition coefficient (Wildman–Crippen LogP) is 1.62. The number of imidazole rings is 1. The molecule has 3 rings (SSSR count). The third-order valence-electron chi connectivity index (χ3n) is 3.55. The van der Waals surface area contributed by atoms with E-state index in [1.54, 1.807) is 19.4 Å². The molecule has 0 aliphatic heterocycles. The summed E-state index contributed by atoms with van der Waals surface area (Å²) in [7, 11) is 0. The highest BCUT2D eigenvalue weighted by atomic mass is 16.5. The summed E-state index contributed by atoms with van der Waals surface area (Å²) >= 11 is 0. The first kappa shape index (κ1) is 13.8. The highest BCUT2D eigenvalue weighted by Gasteiger charge is 2.34. The van der Waals surface area contributed by atoms with Crippen molar-refractivity contribution in [3.8, 4) is 0 Å². The molecule has 7 nitrogen and oxygen atoms in total. The molecule has 0 spiro atoms. The van der Waals surface area contributed by atoms with Crippen molar-refractivity contribution in [2.45, 2.75) is 45.2 Å². The Morgan fingerprint density at radius 1 is 1.43 bits per heavy atom. The van der Waals surface area contributed by atoms with Crippen molar-refractivity contribution in [3.05, 3.63) is 30.1 Å². The maximum Gasteiger partial charge on any atom is 0.360 e. The summed E-state index contributed by atoms with van der Waals surface area (Å²) in [6.07, 6.45) is 8.62. The third kappa shape index (κ3) is 3.12. The summed E-state index contributed by atoms with van der Waals surface area (Å²) in [4.78, 5) is 15.9. The van der Waals surface area contributed by atoms with Crippen LogP contribution in [0.4, 0.5) is 0 Å². The largest absolute Gasteiger partial charge is 0.461 e. The standard InChI is InChI=1S/C14H19N5O2/c1-2-21-14(20)12-13(11-4-5-11)19(17-16-12)8-3-7-18-9-6-15-10-18/h6,9-11H,2-5,7-8H2,1H3. The second-order valence-electron chi connectivity index (χ2n) is 5.20. The lowest BCUT2D eigenvalue weighted by Crippen LogP contribution is -2.11. The summed E-state index contributed by atoms with van der Waals surface area (Å²) in [6.45, 7) is 3.77. The molecule has 1 aliphatic carbocycles. The predicted molar refractivity (Wildman–Crippen MR) is 74.8 cm³/mol. The first-order chi connectivity index (χ1) is 10.3. The van der Waals surface area contributed by atoms with Gasteiger partial charge in [-0.15, -0.1) is 5.10 Å². The SMILES string of the molecule is CCOC(=O)c1nnn(CCCn2ccnc2)c1C1CC1. The lowest BCUT2D eigenvalue weighted by atomic mass is 10.2. The van der Waals surface area contributed by atoms with Crippen molar-refractivity contribution < 1.29 is 9.53 Å². The molecule has 2 heterocycles. The van der Waals surface area contributed by atoms with E-state index in [2.05, 4.69) is 15.3 Å². The lowest BCUT2D eigenvalue weighted by molar-refractivity contribution is 0.0518. The van der Waals surface area contributed by atoms with Gasteiger partial charge >= 0.3 is 5.97 Å². The number of esters is 1. The number of aryl methyl sites for hydroxylation is 2. The zero-order chi connectivity index (χ0) is 14.7. The molecule has 112 valence electrons. The van der Waals surface area contributed by atoms with Crippen molar-refractivity contribution in [3.63, 3.8) is 0 Å². The fourth-order valence-corrected chi connectivity index (χ4v) is 2.41. The van der Waals surface area contributed by atoms with Gasteiger partial charge in [0.05, 0.1) is 18.6 Å². The highest BCUT2D eigenvalue weighted by Crippen LogP contribution is 2.41. The highest BCUT2D eigenvalue weighted by molar-refractivity contribution is 5.88. The molecule has 0 radical (unpaired) electrons. The van der Waals surface area contributed by atoms with Crippen LogP contribution in [0.15, 0.2) is 18.7 Å². The Balaban J connectivity index is 1.68. The van der Waals surface area contributed by atoms with Crippen LogP contribution in [-0.2, 0) is 17.8 Å². The normalized spacial score (nSPS) is 14.3. The lowest BCUT2D eigenvalue weighted by Gasteiger charge is -2.07. The number of ether oxygens (including phenoxy) is 1. The van der Waals surface area contributed by atoms with Crippen molar-refractivity contribution >= 4 is 5.97 Å². The number of hydrogen-bond acceptors (Lipinski definition) is 5. The van der Waals surface area contributed by atoms with E-state index >= 15 is 0 Å². The molecule has 1 fully saturated rings. The number of carbonyl (C=O) groups excluding carboxylic acids is 1. The van der Waals surface area contributed by atoms with Gasteiger partial charge in [0.2, 0.25) is 0 Å². The molecular weight excluding hydrogens is 270 g/mol. The molecule has 2 aromatic rings. The molecular formula is C14H19N5O2. The zero-order valence-corrected chi connectivity index (χ0v) is 12.1. The molecule has 0 atom stereocenters. The van der Waals surface area contributed by atoms with E-state index in [9.17, 15) is 4.79 Å². The van der Waals surface area contributed by atoms with Gasteiger partial charge < -0.3 is 9.30 Å². The van der Waals surface area contributed by atoms with Gasteiger partial charge in [-0.2, -0.15) is 0 Å². The number of hydrogen-bond donors (Lipinski definition) is 0. The number of rotatable bonds is 7. The van der Waals surface area contributed by atoms with E-state index in [4.69, 9.17) is 4.74 Å². The van der Waals surface area contributed by atoms with Gasteiger partial charge in [-0.1, -0.05) is 5.21 Å². The molecule has 1 aliphatic rings. The van der Waals surface area contributed by atoms with Gasteiger partial charge in [-0.05, 0) is 26.2 Å². The van der Waals surface area contributed by atoms with Crippen LogP contribution in [0.25, 0.3) is 0 Å². The van der Waals surface area contributed by atoms with E-state index < -0.39 is 0 Å². The average Bonchev–Trinajstić information content (AvgIpc) is 3.01. The topological polar surface area (TPSA) is 74.8 Å². The van der Waals surface area contributed by atoms with Gasteiger partial charge in [0, 0.05) is 31.4 Å². The minimum Gasteiger partial charge on any atom is -0.461 e. The molecule has 0 N–H and O–H groups in total. The first-order valence-electron chi connectivity index (χ1n) is 7.35. The van der Waals surface area contributed by atoms with Gasteiger partial charge in [-0.25, -0.2) is 14.5 Å². The van der Waals surface area contributed by atoms with Crippen molar-refractivity contribution in [1.29, 1.82) is 0 Å². The van der Waals surface area contributed by atoms with Crippen LogP contribution >= 0.6 is 0 Å². The van der Waals surface area contributed by atoms with Crippen LogP contribution in [0.2, 0.25) is 0 Å². The molecule has 7 heteroatoms. The van der Waals surface area contributed by atoms with Crippen LogP contribution < -0.4 is 0 Å². The van der Waals surface area contributed by atoms with Crippen molar-refractivity contribution in [2.24, 2.45) is 0 Å². The van der Waals surface area contributed by atoms with Gasteiger partial charge in [0.15, 0.2) is 5.69 Å². The first-order valence-corrected chi connectivity index (χ1v) is 7.35. The van der Waals surface area contributed by atoms with E-state index in [1.807, 2.05) is 15.4 Å². The zero-order valence-electron chi connectivity index (χ0n) is 12.1. The second kappa shape index (κ2) is 6.07. The van der Waals surface area contributed by atoms with Crippen molar-refractivity contribution in [1.82, 2.24) is 24.5 Å². The summed E-state index contributed by atoms with van der Waals surface area (Å²) < 4.78 is 8.95. The summed E-state index contributed by atoms with van der Waals surface area (Å²) in [5.74, 6) is 0.0490. The van der Waals surface area contributed by atoms with E-state index in [1.165, 1.54) is 0 Å². The molecule has 0 bridgehead atoms. The van der Waals surface area contributed by atoms with Gasteiger partial charge in [0.1, 0.15) is 0 Å². The Morgan fingerprint density at radius 3 is 2.95 bits per heavy atom. The molecule has 1 saturated carbocycles. The molecule has 21 heavy (non-hydrogen) atoms. The van der Waals surface area contributed by atoms with Crippen LogP contribution in [-0.4, -0.2) is 37.1 Å². The minimum atomic E-state index is -0.361. The number of carbonyl (C=O) groups is 1.